The lowest BCUT2D eigenvalue weighted by molar-refractivity contribution is 0.0472. The van der Waals surface area contributed by atoms with Crippen LogP contribution in [-0.4, -0.2) is 17.5 Å². The van der Waals surface area contributed by atoms with Crippen LogP contribution in [0.2, 0.25) is 0 Å². The van der Waals surface area contributed by atoms with Gasteiger partial charge in [-0.05, 0) is 79.6 Å². The predicted octanol–water partition coefficient (Wildman–Crippen LogP) is 6.66. The minimum atomic E-state index is -0.431. The molecule has 3 aromatic rings. The summed E-state index contributed by atoms with van der Waals surface area (Å²) < 4.78 is 17.3. The molecule has 0 atom stereocenters. The fraction of sp³-hybridized carbons (Fsp3) is 0.333. The van der Waals surface area contributed by atoms with Crippen molar-refractivity contribution in [2.45, 2.75) is 65.1 Å². The lowest BCUT2D eigenvalue weighted by Crippen LogP contribution is -2.41. The predicted molar refractivity (Wildman–Crippen MR) is 135 cm³/mol. The minimum Gasteiger partial charge on any atom is -0.488 e. The molecule has 5 nitrogen and oxygen atoms in total. The Balaban J connectivity index is 1.48. The van der Waals surface area contributed by atoms with Gasteiger partial charge >= 0.3 is 11.9 Å². The monoisotopic (exact) mass is 472 g/mol. The van der Waals surface area contributed by atoms with E-state index in [1.807, 2.05) is 49.4 Å². The molecule has 0 radical (unpaired) electrons. The van der Waals surface area contributed by atoms with E-state index in [2.05, 4.69) is 27.7 Å². The van der Waals surface area contributed by atoms with Crippen LogP contribution in [0.3, 0.4) is 0 Å². The molecule has 0 spiro atoms. The molecule has 0 aromatic heterocycles. The zero-order valence-electron chi connectivity index (χ0n) is 21.0. The Morgan fingerprint density at radius 3 is 2.26 bits per heavy atom. The first-order valence-corrected chi connectivity index (χ1v) is 12.0. The molecule has 0 fully saturated rings. The molecule has 0 N–H and O–H groups in total. The maximum atomic E-state index is 13.1. The van der Waals surface area contributed by atoms with E-state index in [0.717, 1.165) is 28.9 Å². The van der Waals surface area contributed by atoms with Crippen LogP contribution in [-0.2, 0) is 23.2 Å². The minimum absolute atomic E-state index is 0.139. The third kappa shape index (κ3) is 5.56. The molecule has 0 saturated heterocycles. The Morgan fingerprint density at radius 2 is 1.60 bits per heavy atom. The molecule has 182 valence electrons. The maximum Gasteiger partial charge on any atom is 0.343 e. The van der Waals surface area contributed by atoms with Gasteiger partial charge in [0.1, 0.15) is 23.7 Å². The number of esters is 2. The quantitative estimate of drug-likeness (QED) is 0.296. The number of aryl methyl sites for hydroxylation is 1. The smallest absolute Gasteiger partial charge is 0.343 e. The third-order valence-corrected chi connectivity index (χ3v) is 6.30. The van der Waals surface area contributed by atoms with Crippen LogP contribution in [0.5, 0.6) is 11.5 Å². The SMILES string of the molecule is CCc1cc2c(cc1C(=O)Oc1ccc(C(=O)OCc3ccccc3)cc1)C(C)(C)CC(C)(C)O2. The van der Waals surface area contributed by atoms with E-state index in [1.54, 1.807) is 24.3 Å². The number of carbonyl (C=O) groups is 2. The average Bonchev–Trinajstić information content (AvgIpc) is 2.81. The van der Waals surface area contributed by atoms with Crippen molar-refractivity contribution >= 4 is 11.9 Å². The van der Waals surface area contributed by atoms with Crippen molar-refractivity contribution in [2.24, 2.45) is 0 Å². The van der Waals surface area contributed by atoms with Gasteiger partial charge in [-0.3, -0.25) is 0 Å². The van der Waals surface area contributed by atoms with Gasteiger partial charge in [0.2, 0.25) is 0 Å². The Bertz CT molecular complexity index is 1220. The Labute approximate surface area is 207 Å². The second-order valence-electron chi connectivity index (χ2n) is 10.3. The molecular weight excluding hydrogens is 440 g/mol. The van der Waals surface area contributed by atoms with Crippen molar-refractivity contribution in [3.05, 3.63) is 94.5 Å². The summed E-state index contributed by atoms with van der Waals surface area (Å²) in [4.78, 5) is 25.5. The third-order valence-electron chi connectivity index (χ3n) is 6.30. The molecule has 0 unspecified atom stereocenters. The van der Waals surface area contributed by atoms with Crippen LogP contribution in [0, 0.1) is 0 Å². The van der Waals surface area contributed by atoms with Crippen LogP contribution < -0.4 is 9.47 Å². The lowest BCUT2D eigenvalue weighted by atomic mass is 9.73. The topological polar surface area (TPSA) is 61.8 Å². The highest BCUT2D eigenvalue weighted by Gasteiger charge is 2.39. The average molecular weight is 473 g/mol. The molecule has 3 aromatic carbocycles. The highest BCUT2D eigenvalue weighted by atomic mass is 16.5. The maximum absolute atomic E-state index is 13.1. The van der Waals surface area contributed by atoms with Crippen LogP contribution in [0.4, 0.5) is 0 Å². The first-order chi connectivity index (χ1) is 16.6. The van der Waals surface area contributed by atoms with Gasteiger partial charge in [0.25, 0.3) is 0 Å². The molecule has 35 heavy (non-hydrogen) atoms. The van der Waals surface area contributed by atoms with E-state index in [4.69, 9.17) is 14.2 Å². The zero-order valence-corrected chi connectivity index (χ0v) is 21.0. The van der Waals surface area contributed by atoms with Crippen LogP contribution in [0.1, 0.15) is 78.4 Å². The highest BCUT2D eigenvalue weighted by Crippen LogP contribution is 2.45. The molecule has 0 amide bonds. The van der Waals surface area contributed by atoms with Crippen LogP contribution in [0.25, 0.3) is 0 Å². The Morgan fingerprint density at radius 1 is 0.914 bits per heavy atom. The Hall–Kier alpha value is -3.60. The van der Waals surface area contributed by atoms with Crippen LogP contribution in [0.15, 0.2) is 66.7 Å². The molecule has 0 bridgehead atoms. The van der Waals surface area contributed by atoms with Crippen molar-refractivity contribution in [1.29, 1.82) is 0 Å². The van der Waals surface area contributed by atoms with Gasteiger partial charge in [-0.15, -0.1) is 0 Å². The second-order valence-corrected chi connectivity index (χ2v) is 10.3. The van der Waals surface area contributed by atoms with E-state index >= 15 is 0 Å². The van der Waals surface area contributed by atoms with Crippen molar-refractivity contribution in [1.82, 2.24) is 0 Å². The number of hydrogen-bond acceptors (Lipinski definition) is 5. The summed E-state index contributed by atoms with van der Waals surface area (Å²) in [6, 6.07) is 19.8. The van der Waals surface area contributed by atoms with Crippen molar-refractivity contribution in [3.63, 3.8) is 0 Å². The number of benzene rings is 3. The summed E-state index contributed by atoms with van der Waals surface area (Å²) in [6.45, 7) is 10.7. The number of rotatable bonds is 6. The van der Waals surface area contributed by atoms with Crippen molar-refractivity contribution in [3.8, 4) is 11.5 Å². The van der Waals surface area contributed by atoms with Gasteiger partial charge in [0.05, 0.1) is 11.1 Å². The van der Waals surface area contributed by atoms with Gasteiger partial charge in [-0.25, -0.2) is 9.59 Å². The second kappa shape index (κ2) is 9.57. The molecular formula is C30H32O5. The molecule has 1 heterocycles. The summed E-state index contributed by atoms with van der Waals surface area (Å²) in [5.41, 5.74) is 3.33. The number of fused-ring (bicyclic) bond motifs is 1. The summed E-state index contributed by atoms with van der Waals surface area (Å²) in [5.74, 6) is 0.341. The van der Waals surface area contributed by atoms with Gasteiger partial charge in [-0.1, -0.05) is 51.1 Å². The number of hydrogen-bond donors (Lipinski definition) is 0. The van der Waals surface area contributed by atoms with Crippen LogP contribution >= 0.6 is 0 Å². The molecule has 5 heteroatoms. The normalized spacial score (nSPS) is 15.5. The lowest BCUT2D eigenvalue weighted by Gasteiger charge is -2.42. The first kappa shape index (κ1) is 24.5. The van der Waals surface area contributed by atoms with Gasteiger partial charge in [0, 0.05) is 5.56 Å². The van der Waals surface area contributed by atoms with Crippen molar-refractivity contribution < 1.29 is 23.8 Å². The van der Waals surface area contributed by atoms with E-state index in [0.29, 0.717) is 23.3 Å². The fourth-order valence-electron chi connectivity index (χ4n) is 4.84. The summed E-state index contributed by atoms with van der Waals surface area (Å²) >= 11 is 0. The van der Waals surface area contributed by atoms with E-state index < -0.39 is 11.9 Å². The van der Waals surface area contributed by atoms with E-state index in [9.17, 15) is 9.59 Å². The van der Waals surface area contributed by atoms with Gasteiger partial charge < -0.3 is 14.2 Å². The van der Waals surface area contributed by atoms with E-state index in [1.165, 1.54) is 0 Å². The zero-order chi connectivity index (χ0) is 25.2. The molecule has 1 aliphatic heterocycles. The van der Waals surface area contributed by atoms with E-state index in [-0.39, 0.29) is 17.6 Å². The van der Waals surface area contributed by atoms with Gasteiger partial charge in [-0.2, -0.15) is 0 Å². The van der Waals surface area contributed by atoms with Crippen molar-refractivity contribution in [2.75, 3.05) is 0 Å². The number of carbonyl (C=O) groups excluding carboxylic acids is 2. The molecule has 0 saturated carbocycles. The highest BCUT2D eigenvalue weighted by molar-refractivity contribution is 5.94. The summed E-state index contributed by atoms with van der Waals surface area (Å²) in [7, 11) is 0. The standard InChI is InChI=1S/C30H32O5/c1-6-21-16-26-25(29(2,3)19-30(4,5)35-26)17-24(21)28(32)34-23-14-12-22(13-15-23)27(31)33-18-20-10-8-7-9-11-20/h7-17H,6,18-19H2,1-5H3. The number of ether oxygens (including phenoxy) is 3. The molecule has 0 aliphatic carbocycles. The Kier molecular flexibility index (Phi) is 6.70. The van der Waals surface area contributed by atoms with Gasteiger partial charge in [0.15, 0.2) is 0 Å². The largest absolute Gasteiger partial charge is 0.488 e. The molecule has 1 aliphatic rings. The summed E-state index contributed by atoms with van der Waals surface area (Å²) in [6.07, 6.45) is 1.52. The molecule has 4 rings (SSSR count). The fourth-order valence-corrected chi connectivity index (χ4v) is 4.84. The summed E-state index contributed by atoms with van der Waals surface area (Å²) in [5, 5.41) is 0. The first-order valence-electron chi connectivity index (χ1n) is 12.0.